The topological polar surface area (TPSA) is 46.6 Å². The Morgan fingerprint density at radius 3 is 3.14 bits per heavy atom. The highest BCUT2D eigenvalue weighted by Gasteiger charge is 2.17. The van der Waals surface area contributed by atoms with Crippen LogP contribution in [0, 0.1) is 0 Å². The maximum Gasteiger partial charge on any atom is 0.133 e. The van der Waals surface area contributed by atoms with E-state index in [9.17, 15) is 0 Å². The van der Waals surface area contributed by atoms with Crippen LogP contribution in [0.1, 0.15) is 0 Å². The molecule has 1 fully saturated rings. The van der Waals surface area contributed by atoms with Gasteiger partial charge in [-0.15, -0.1) is 0 Å². The van der Waals surface area contributed by atoms with Gasteiger partial charge in [0.15, 0.2) is 0 Å². The average Bonchev–Trinajstić information content (AvgIpc) is 2.52. The molecule has 0 bridgehead atoms. The molecular formula is C16H21N3O2. The van der Waals surface area contributed by atoms with E-state index >= 15 is 0 Å². The van der Waals surface area contributed by atoms with Gasteiger partial charge in [-0.05, 0) is 36.7 Å². The van der Waals surface area contributed by atoms with Crippen molar-refractivity contribution in [2.75, 3.05) is 45.7 Å². The number of nitrogens with one attached hydrogen (secondary N) is 1. The van der Waals surface area contributed by atoms with Gasteiger partial charge in [0.1, 0.15) is 11.6 Å². The van der Waals surface area contributed by atoms with Crippen LogP contribution in [0.25, 0.3) is 10.8 Å². The largest absolute Gasteiger partial charge is 0.497 e. The second kappa shape index (κ2) is 6.28. The number of rotatable bonds is 4. The molecule has 5 heteroatoms. The zero-order valence-corrected chi connectivity index (χ0v) is 12.5. The lowest BCUT2D eigenvalue weighted by Gasteiger charge is -2.30. The lowest BCUT2D eigenvalue weighted by atomic mass is 10.1. The number of anilines is 1. The van der Waals surface area contributed by atoms with E-state index in [0.29, 0.717) is 0 Å². The SMILES string of the molecule is COc1ccc2c(NCC3CN(C)CCO3)nccc2c1. The summed E-state index contributed by atoms with van der Waals surface area (Å²) in [5.74, 6) is 1.75. The zero-order valence-electron chi connectivity index (χ0n) is 12.5. The van der Waals surface area contributed by atoms with Gasteiger partial charge in [0, 0.05) is 31.2 Å². The van der Waals surface area contributed by atoms with E-state index in [-0.39, 0.29) is 6.10 Å². The summed E-state index contributed by atoms with van der Waals surface area (Å²) in [5, 5.41) is 5.63. The van der Waals surface area contributed by atoms with Crippen molar-refractivity contribution in [1.82, 2.24) is 9.88 Å². The van der Waals surface area contributed by atoms with E-state index in [1.165, 1.54) is 0 Å². The number of methoxy groups -OCH3 is 1. The molecule has 1 aliphatic rings. The van der Waals surface area contributed by atoms with E-state index in [4.69, 9.17) is 9.47 Å². The summed E-state index contributed by atoms with van der Waals surface area (Å²) in [7, 11) is 3.80. The normalized spacial score (nSPS) is 19.6. The smallest absolute Gasteiger partial charge is 0.133 e. The summed E-state index contributed by atoms with van der Waals surface area (Å²) < 4.78 is 11.0. The van der Waals surface area contributed by atoms with Crippen LogP contribution in [0.3, 0.4) is 0 Å². The van der Waals surface area contributed by atoms with Crippen LogP contribution < -0.4 is 10.1 Å². The minimum absolute atomic E-state index is 0.207. The van der Waals surface area contributed by atoms with Crippen molar-refractivity contribution >= 4 is 16.6 Å². The maximum atomic E-state index is 5.77. The molecule has 1 aliphatic heterocycles. The molecule has 0 amide bonds. The first-order valence-corrected chi connectivity index (χ1v) is 7.23. The molecule has 2 heterocycles. The minimum Gasteiger partial charge on any atom is -0.497 e. The second-order valence-corrected chi connectivity index (χ2v) is 5.38. The number of aromatic nitrogens is 1. The minimum atomic E-state index is 0.207. The van der Waals surface area contributed by atoms with Crippen molar-refractivity contribution in [2.24, 2.45) is 0 Å². The Hall–Kier alpha value is -1.85. The van der Waals surface area contributed by atoms with Gasteiger partial charge in [0.2, 0.25) is 0 Å². The van der Waals surface area contributed by atoms with Crippen molar-refractivity contribution in [3.63, 3.8) is 0 Å². The standard InChI is InChI=1S/C16H21N3O2/c1-19-7-8-21-14(11-19)10-18-16-15-4-3-13(20-2)9-12(15)5-6-17-16/h3-6,9,14H,7-8,10-11H2,1-2H3,(H,17,18). The summed E-state index contributed by atoms with van der Waals surface area (Å²) in [6, 6.07) is 8.01. The van der Waals surface area contributed by atoms with Gasteiger partial charge in [-0.1, -0.05) is 0 Å². The summed E-state index contributed by atoms with van der Waals surface area (Å²) in [6.45, 7) is 3.51. The molecular weight excluding hydrogens is 266 g/mol. The van der Waals surface area contributed by atoms with Crippen molar-refractivity contribution in [2.45, 2.75) is 6.10 Å². The van der Waals surface area contributed by atoms with Crippen molar-refractivity contribution in [3.05, 3.63) is 30.5 Å². The Morgan fingerprint density at radius 2 is 2.33 bits per heavy atom. The fraction of sp³-hybridized carbons (Fsp3) is 0.438. The van der Waals surface area contributed by atoms with Gasteiger partial charge >= 0.3 is 0 Å². The van der Waals surface area contributed by atoms with Crippen LogP contribution in [0.15, 0.2) is 30.5 Å². The predicted octanol–water partition coefficient (Wildman–Crippen LogP) is 1.99. The van der Waals surface area contributed by atoms with Gasteiger partial charge in [-0.2, -0.15) is 0 Å². The molecule has 112 valence electrons. The summed E-state index contributed by atoms with van der Waals surface area (Å²) in [5.41, 5.74) is 0. The Bertz CT molecular complexity index is 617. The lowest BCUT2D eigenvalue weighted by molar-refractivity contribution is -0.0117. The molecule has 21 heavy (non-hydrogen) atoms. The highest BCUT2D eigenvalue weighted by Crippen LogP contribution is 2.25. The molecule has 0 spiro atoms. The summed E-state index contributed by atoms with van der Waals surface area (Å²) >= 11 is 0. The average molecular weight is 287 g/mol. The number of ether oxygens (including phenoxy) is 2. The molecule has 5 nitrogen and oxygen atoms in total. The monoisotopic (exact) mass is 287 g/mol. The Kier molecular flexibility index (Phi) is 4.22. The third-order valence-electron chi connectivity index (χ3n) is 3.81. The van der Waals surface area contributed by atoms with Crippen molar-refractivity contribution in [1.29, 1.82) is 0 Å². The molecule has 1 atom stereocenters. The van der Waals surface area contributed by atoms with E-state index in [1.807, 2.05) is 30.5 Å². The number of fused-ring (bicyclic) bond motifs is 1. The van der Waals surface area contributed by atoms with E-state index < -0.39 is 0 Å². The molecule has 1 aromatic heterocycles. The Labute approximate surface area is 124 Å². The molecule has 0 radical (unpaired) electrons. The quantitative estimate of drug-likeness (QED) is 0.932. The zero-order chi connectivity index (χ0) is 14.7. The van der Waals surface area contributed by atoms with Gasteiger partial charge in [0.25, 0.3) is 0 Å². The number of hydrogen-bond donors (Lipinski definition) is 1. The third-order valence-corrected chi connectivity index (χ3v) is 3.81. The first-order valence-electron chi connectivity index (χ1n) is 7.23. The van der Waals surface area contributed by atoms with Crippen LogP contribution in [0.5, 0.6) is 5.75 Å². The molecule has 1 N–H and O–H groups in total. The first-order chi connectivity index (χ1) is 10.3. The Morgan fingerprint density at radius 1 is 1.43 bits per heavy atom. The van der Waals surface area contributed by atoms with Crippen LogP contribution in [-0.2, 0) is 4.74 Å². The molecule has 3 rings (SSSR count). The number of likely N-dealkylation sites (N-methyl/N-ethyl adjacent to an activating group) is 1. The maximum absolute atomic E-state index is 5.77. The lowest BCUT2D eigenvalue weighted by Crippen LogP contribution is -2.43. The number of nitrogens with zero attached hydrogens (tertiary/aromatic N) is 2. The predicted molar refractivity (Wildman–Crippen MR) is 84.0 cm³/mol. The van der Waals surface area contributed by atoms with Gasteiger partial charge in [-0.3, -0.25) is 0 Å². The second-order valence-electron chi connectivity index (χ2n) is 5.38. The van der Waals surface area contributed by atoms with Crippen LogP contribution in [-0.4, -0.2) is 56.4 Å². The molecule has 0 saturated carbocycles. The van der Waals surface area contributed by atoms with E-state index in [2.05, 4.69) is 22.2 Å². The van der Waals surface area contributed by atoms with Gasteiger partial charge in [-0.25, -0.2) is 4.98 Å². The number of morpholine rings is 1. The van der Waals surface area contributed by atoms with Gasteiger partial charge < -0.3 is 19.7 Å². The summed E-state index contributed by atoms with van der Waals surface area (Å²) in [4.78, 5) is 6.73. The van der Waals surface area contributed by atoms with Crippen LogP contribution in [0.2, 0.25) is 0 Å². The Balaban J connectivity index is 1.74. The van der Waals surface area contributed by atoms with Crippen molar-refractivity contribution in [3.8, 4) is 5.75 Å². The third kappa shape index (κ3) is 3.25. The fourth-order valence-corrected chi connectivity index (χ4v) is 2.62. The molecule has 0 aliphatic carbocycles. The van der Waals surface area contributed by atoms with Gasteiger partial charge in [0.05, 0.1) is 19.8 Å². The molecule has 2 aromatic rings. The van der Waals surface area contributed by atoms with Crippen LogP contribution >= 0.6 is 0 Å². The highest BCUT2D eigenvalue weighted by atomic mass is 16.5. The molecule has 1 saturated heterocycles. The fourth-order valence-electron chi connectivity index (χ4n) is 2.62. The van der Waals surface area contributed by atoms with Crippen molar-refractivity contribution < 1.29 is 9.47 Å². The highest BCUT2D eigenvalue weighted by molar-refractivity contribution is 5.92. The number of pyridine rings is 1. The molecule has 1 unspecified atom stereocenters. The number of benzene rings is 1. The molecule has 1 aromatic carbocycles. The first kappa shape index (κ1) is 14.1. The number of hydrogen-bond acceptors (Lipinski definition) is 5. The van der Waals surface area contributed by atoms with E-state index in [0.717, 1.165) is 48.6 Å². The summed E-state index contributed by atoms with van der Waals surface area (Å²) in [6.07, 6.45) is 2.02. The van der Waals surface area contributed by atoms with Crippen LogP contribution in [0.4, 0.5) is 5.82 Å². The van der Waals surface area contributed by atoms with E-state index in [1.54, 1.807) is 7.11 Å².